The Morgan fingerprint density at radius 1 is 1.07 bits per heavy atom. The predicted molar refractivity (Wildman–Crippen MR) is 60.4 cm³/mol. The Labute approximate surface area is 89.5 Å². The van der Waals surface area contributed by atoms with E-state index in [4.69, 9.17) is 7.85 Å². The molecule has 0 saturated carbocycles. The van der Waals surface area contributed by atoms with Gasteiger partial charge in [-0.05, 0) is 12.1 Å². The summed E-state index contributed by atoms with van der Waals surface area (Å²) in [4.78, 5) is 21.8. The van der Waals surface area contributed by atoms with Gasteiger partial charge in [0.25, 0.3) is 0 Å². The molecule has 76 valence electrons. The van der Waals surface area contributed by atoms with E-state index in [1.807, 2.05) is 0 Å². The highest BCUT2D eigenvalue weighted by atomic mass is 16.2. The fourth-order valence-corrected chi connectivity index (χ4v) is 1.15. The molecule has 0 aromatic heterocycles. The molecule has 2 N–H and O–H groups in total. The number of anilines is 2. The largest absolute Gasteiger partial charge is 0.325 e. The van der Waals surface area contributed by atoms with Gasteiger partial charge in [0, 0.05) is 13.8 Å². The van der Waals surface area contributed by atoms with Gasteiger partial charge in [-0.25, -0.2) is 0 Å². The smallest absolute Gasteiger partial charge is 0.221 e. The summed E-state index contributed by atoms with van der Waals surface area (Å²) in [7, 11) is 5.57. The van der Waals surface area contributed by atoms with Gasteiger partial charge in [0.05, 0.1) is 11.4 Å². The molecule has 1 aromatic carbocycles. The van der Waals surface area contributed by atoms with Gasteiger partial charge in [-0.3, -0.25) is 9.59 Å². The number of carbonyl (C=O) groups excluding carboxylic acids is 2. The summed E-state index contributed by atoms with van der Waals surface area (Å²) < 4.78 is 0. The minimum absolute atomic E-state index is 0.202. The molecular weight excluding hydrogens is 191 g/mol. The van der Waals surface area contributed by atoms with Crippen molar-refractivity contribution >= 4 is 36.5 Å². The Hall–Kier alpha value is -1.78. The second-order valence-corrected chi connectivity index (χ2v) is 3.17. The van der Waals surface area contributed by atoms with Crippen LogP contribution in [0.3, 0.4) is 0 Å². The lowest BCUT2D eigenvalue weighted by Gasteiger charge is -2.11. The standard InChI is InChI=1S/C10H11BN2O2/c1-6(14)12-9-4-3-8(11)5-10(9)13-7(2)15/h3-5H,1-2H3,(H,12,14)(H,13,15). The molecule has 4 nitrogen and oxygen atoms in total. The quantitative estimate of drug-likeness (QED) is 0.681. The number of nitrogens with one attached hydrogen (secondary N) is 2. The summed E-state index contributed by atoms with van der Waals surface area (Å²) in [5.74, 6) is -0.418. The highest BCUT2D eigenvalue weighted by Crippen LogP contribution is 2.19. The molecule has 0 bridgehead atoms. The SMILES string of the molecule is [B]c1ccc(NC(C)=O)c(NC(C)=O)c1. The maximum Gasteiger partial charge on any atom is 0.221 e. The summed E-state index contributed by atoms with van der Waals surface area (Å²) in [5, 5.41) is 5.18. The molecule has 0 unspecified atom stereocenters. The fraction of sp³-hybridized carbons (Fsp3) is 0.200. The third kappa shape index (κ3) is 3.46. The molecule has 0 spiro atoms. The Balaban J connectivity index is 3.02. The molecular formula is C10H11BN2O2. The minimum atomic E-state index is -0.216. The summed E-state index contributed by atoms with van der Waals surface area (Å²) in [6.07, 6.45) is 0. The van der Waals surface area contributed by atoms with Crippen LogP contribution in [0.2, 0.25) is 0 Å². The number of amides is 2. The molecule has 1 rings (SSSR count). The summed E-state index contributed by atoms with van der Waals surface area (Å²) >= 11 is 0. The van der Waals surface area contributed by atoms with E-state index in [-0.39, 0.29) is 11.8 Å². The second-order valence-electron chi connectivity index (χ2n) is 3.17. The lowest BCUT2D eigenvalue weighted by atomic mass is 9.95. The first kappa shape index (κ1) is 11.3. The van der Waals surface area contributed by atoms with Crippen LogP contribution in [0.25, 0.3) is 0 Å². The molecule has 0 heterocycles. The van der Waals surface area contributed by atoms with E-state index in [9.17, 15) is 9.59 Å². The van der Waals surface area contributed by atoms with Gasteiger partial charge in [0.1, 0.15) is 7.85 Å². The van der Waals surface area contributed by atoms with Gasteiger partial charge < -0.3 is 10.6 Å². The highest BCUT2D eigenvalue weighted by Gasteiger charge is 2.05. The fourth-order valence-electron chi connectivity index (χ4n) is 1.15. The van der Waals surface area contributed by atoms with Gasteiger partial charge in [0.15, 0.2) is 0 Å². The van der Waals surface area contributed by atoms with Crippen LogP contribution in [0, 0.1) is 0 Å². The van der Waals surface area contributed by atoms with Crippen LogP contribution in [0.5, 0.6) is 0 Å². The van der Waals surface area contributed by atoms with Crippen LogP contribution in [0.15, 0.2) is 18.2 Å². The van der Waals surface area contributed by atoms with E-state index in [2.05, 4.69) is 10.6 Å². The zero-order valence-corrected chi connectivity index (χ0v) is 8.63. The Kier molecular flexibility index (Phi) is 3.49. The van der Waals surface area contributed by atoms with Crippen molar-refractivity contribution in [3.05, 3.63) is 18.2 Å². The minimum Gasteiger partial charge on any atom is -0.325 e. The number of carbonyl (C=O) groups is 2. The maximum absolute atomic E-state index is 10.9. The molecule has 0 saturated heterocycles. The number of hydrogen-bond donors (Lipinski definition) is 2. The van der Waals surface area contributed by atoms with Gasteiger partial charge in [0.2, 0.25) is 11.8 Å². The van der Waals surface area contributed by atoms with E-state index in [1.165, 1.54) is 13.8 Å². The molecule has 2 radical (unpaired) electrons. The summed E-state index contributed by atoms with van der Waals surface area (Å²) in [6.45, 7) is 2.79. The molecule has 0 aliphatic heterocycles. The molecule has 15 heavy (non-hydrogen) atoms. The van der Waals surface area contributed by atoms with E-state index in [0.717, 1.165) is 0 Å². The van der Waals surface area contributed by atoms with Crippen LogP contribution in [-0.4, -0.2) is 19.7 Å². The zero-order valence-electron chi connectivity index (χ0n) is 8.63. The molecule has 1 aromatic rings. The van der Waals surface area contributed by atoms with Crippen molar-refractivity contribution in [2.75, 3.05) is 10.6 Å². The molecule has 0 aliphatic carbocycles. The molecule has 0 atom stereocenters. The summed E-state index contributed by atoms with van der Waals surface area (Å²) in [5.41, 5.74) is 1.55. The highest BCUT2D eigenvalue weighted by molar-refractivity contribution is 6.33. The van der Waals surface area contributed by atoms with Gasteiger partial charge in [-0.2, -0.15) is 0 Å². The lowest BCUT2D eigenvalue weighted by Crippen LogP contribution is -2.15. The van der Waals surface area contributed by atoms with Gasteiger partial charge >= 0.3 is 0 Å². The van der Waals surface area contributed by atoms with E-state index >= 15 is 0 Å². The molecule has 0 aliphatic rings. The first-order valence-corrected chi connectivity index (χ1v) is 4.43. The molecule has 0 fully saturated rings. The molecule has 5 heteroatoms. The monoisotopic (exact) mass is 202 g/mol. The molecule has 2 amide bonds. The number of hydrogen-bond acceptors (Lipinski definition) is 2. The number of benzene rings is 1. The van der Waals surface area contributed by atoms with E-state index in [1.54, 1.807) is 18.2 Å². The van der Waals surface area contributed by atoms with Crippen molar-refractivity contribution < 1.29 is 9.59 Å². The number of rotatable bonds is 2. The Bertz CT molecular complexity index is 404. The second kappa shape index (κ2) is 4.64. The van der Waals surface area contributed by atoms with Crippen LogP contribution in [-0.2, 0) is 9.59 Å². The van der Waals surface area contributed by atoms with Gasteiger partial charge in [-0.15, -0.1) is 0 Å². The Morgan fingerprint density at radius 3 is 2.13 bits per heavy atom. The van der Waals surface area contributed by atoms with Crippen molar-refractivity contribution in [2.45, 2.75) is 13.8 Å². The normalized spacial score (nSPS) is 9.47. The third-order valence-corrected chi connectivity index (χ3v) is 1.67. The van der Waals surface area contributed by atoms with Crippen molar-refractivity contribution in [1.82, 2.24) is 0 Å². The average molecular weight is 202 g/mol. The van der Waals surface area contributed by atoms with Crippen LogP contribution >= 0.6 is 0 Å². The Morgan fingerprint density at radius 2 is 1.60 bits per heavy atom. The van der Waals surface area contributed by atoms with Crippen LogP contribution < -0.4 is 16.1 Å². The van der Waals surface area contributed by atoms with Crippen LogP contribution in [0.4, 0.5) is 11.4 Å². The summed E-state index contributed by atoms with van der Waals surface area (Å²) in [6, 6.07) is 4.88. The van der Waals surface area contributed by atoms with Crippen molar-refractivity contribution in [3.8, 4) is 0 Å². The van der Waals surface area contributed by atoms with Crippen molar-refractivity contribution in [1.29, 1.82) is 0 Å². The first-order chi connectivity index (χ1) is 6.99. The average Bonchev–Trinajstić information content (AvgIpc) is 2.08. The van der Waals surface area contributed by atoms with Crippen molar-refractivity contribution in [2.24, 2.45) is 0 Å². The lowest BCUT2D eigenvalue weighted by molar-refractivity contribution is -0.115. The zero-order chi connectivity index (χ0) is 11.4. The van der Waals surface area contributed by atoms with Crippen molar-refractivity contribution in [3.63, 3.8) is 0 Å². The first-order valence-electron chi connectivity index (χ1n) is 4.43. The van der Waals surface area contributed by atoms with Crippen LogP contribution in [0.1, 0.15) is 13.8 Å². The topological polar surface area (TPSA) is 58.2 Å². The van der Waals surface area contributed by atoms with E-state index < -0.39 is 0 Å². The van der Waals surface area contributed by atoms with E-state index in [0.29, 0.717) is 16.8 Å². The third-order valence-electron chi connectivity index (χ3n) is 1.67. The predicted octanol–water partition coefficient (Wildman–Crippen LogP) is 0.397. The maximum atomic E-state index is 10.9. The van der Waals surface area contributed by atoms with Gasteiger partial charge in [-0.1, -0.05) is 11.5 Å².